The maximum atomic E-state index is 11.5. The Labute approximate surface area is 81.6 Å². The summed E-state index contributed by atoms with van der Waals surface area (Å²) in [6.45, 7) is 0. The molecular weight excluding hydrogens is 178 g/mol. The standard InChI is InChI=1S/C11H11NO2/c1-12(2)10-7-8-5-3-4-6-9(8)11(13)14-10/h3-7H,1-2H3. The molecular formula is C11H11NO2. The van der Waals surface area contributed by atoms with E-state index in [2.05, 4.69) is 0 Å². The Kier molecular flexibility index (Phi) is 2.00. The quantitative estimate of drug-likeness (QED) is 0.686. The zero-order valence-electron chi connectivity index (χ0n) is 8.15. The highest BCUT2D eigenvalue weighted by Gasteiger charge is 2.04. The maximum Gasteiger partial charge on any atom is 0.345 e. The van der Waals surface area contributed by atoms with Gasteiger partial charge in [-0.1, -0.05) is 18.2 Å². The van der Waals surface area contributed by atoms with E-state index in [9.17, 15) is 4.79 Å². The summed E-state index contributed by atoms with van der Waals surface area (Å²) < 4.78 is 5.12. The molecule has 0 amide bonds. The lowest BCUT2D eigenvalue weighted by molar-refractivity contribution is 0.520. The highest BCUT2D eigenvalue weighted by molar-refractivity contribution is 5.82. The second kappa shape index (κ2) is 3.18. The van der Waals surface area contributed by atoms with Gasteiger partial charge in [0.25, 0.3) is 0 Å². The molecule has 0 aliphatic rings. The van der Waals surface area contributed by atoms with Gasteiger partial charge in [0, 0.05) is 20.2 Å². The first-order valence-corrected chi connectivity index (χ1v) is 4.39. The zero-order chi connectivity index (χ0) is 10.1. The van der Waals surface area contributed by atoms with Gasteiger partial charge in [-0.05, 0) is 11.5 Å². The molecule has 2 rings (SSSR count). The van der Waals surface area contributed by atoms with Crippen molar-refractivity contribution in [3.63, 3.8) is 0 Å². The molecule has 0 N–H and O–H groups in total. The molecule has 2 aromatic rings. The molecule has 1 aromatic heterocycles. The van der Waals surface area contributed by atoms with Gasteiger partial charge >= 0.3 is 5.63 Å². The predicted octanol–water partition coefficient (Wildman–Crippen LogP) is 1.86. The van der Waals surface area contributed by atoms with Gasteiger partial charge in [0.05, 0.1) is 5.39 Å². The van der Waals surface area contributed by atoms with Gasteiger partial charge in [-0.15, -0.1) is 0 Å². The van der Waals surface area contributed by atoms with E-state index in [-0.39, 0.29) is 5.63 Å². The average molecular weight is 189 g/mol. The van der Waals surface area contributed by atoms with E-state index >= 15 is 0 Å². The van der Waals surface area contributed by atoms with Gasteiger partial charge < -0.3 is 9.32 Å². The van der Waals surface area contributed by atoms with E-state index < -0.39 is 0 Å². The summed E-state index contributed by atoms with van der Waals surface area (Å²) in [7, 11) is 3.68. The van der Waals surface area contributed by atoms with E-state index in [4.69, 9.17) is 4.42 Å². The lowest BCUT2D eigenvalue weighted by Gasteiger charge is -2.10. The van der Waals surface area contributed by atoms with Crippen LogP contribution in [0.25, 0.3) is 10.8 Å². The van der Waals surface area contributed by atoms with Crippen molar-refractivity contribution in [2.45, 2.75) is 0 Å². The summed E-state index contributed by atoms with van der Waals surface area (Å²) in [6, 6.07) is 9.26. The van der Waals surface area contributed by atoms with Crippen LogP contribution in [-0.4, -0.2) is 14.1 Å². The van der Waals surface area contributed by atoms with Crippen molar-refractivity contribution < 1.29 is 4.42 Å². The molecule has 14 heavy (non-hydrogen) atoms. The molecule has 0 radical (unpaired) electrons. The molecule has 72 valence electrons. The Morgan fingerprint density at radius 3 is 2.64 bits per heavy atom. The van der Waals surface area contributed by atoms with Crippen LogP contribution < -0.4 is 10.5 Å². The van der Waals surface area contributed by atoms with Crippen LogP contribution in [0.1, 0.15) is 0 Å². The van der Waals surface area contributed by atoms with Crippen LogP contribution in [0.2, 0.25) is 0 Å². The lowest BCUT2D eigenvalue weighted by atomic mass is 10.2. The van der Waals surface area contributed by atoms with Gasteiger partial charge in [0.15, 0.2) is 5.88 Å². The minimum atomic E-state index is -0.285. The molecule has 0 bridgehead atoms. The number of fused-ring (bicyclic) bond motifs is 1. The Hall–Kier alpha value is -1.77. The Bertz CT molecular complexity index is 514. The number of nitrogens with zero attached hydrogens (tertiary/aromatic N) is 1. The Balaban J connectivity index is 2.79. The largest absolute Gasteiger partial charge is 0.406 e. The van der Waals surface area contributed by atoms with Gasteiger partial charge in [-0.2, -0.15) is 0 Å². The normalized spacial score (nSPS) is 10.4. The van der Waals surface area contributed by atoms with Crippen LogP contribution in [0.5, 0.6) is 0 Å². The van der Waals surface area contributed by atoms with Crippen molar-refractivity contribution in [1.29, 1.82) is 0 Å². The van der Waals surface area contributed by atoms with Gasteiger partial charge in [-0.3, -0.25) is 0 Å². The van der Waals surface area contributed by atoms with Crippen molar-refractivity contribution in [3.8, 4) is 0 Å². The van der Waals surface area contributed by atoms with Crippen molar-refractivity contribution in [1.82, 2.24) is 0 Å². The summed E-state index contributed by atoms with van der Waals surface area (Å²) in [5.74, 6) is 0.578. The molecule has 0 fully saturated rings. The molecule has 0 saturated heterocycles. The van der Waals surface area contributed by atoms with E-state index in [0.29, 0.717) is 11.3 Å². The minimum absolute atomic E-state index is 0.285. The molecule has 0 saturated carbocycles. The number of benzene rings is 1. The molecule has 0 unspecified atom stereocenters. The monoisotopic (exact) mass is 189 g/mol. The molecule has 0 aliphatic heterocycles. The number of hydrogen-bond donors (Lipinski definition) is 0. The smallest absolute Gasteiger partial charge is 0.345 e. The molecule has 3 nitrogen and oxygen atoms in total. The number of rotatable bonds is 1. The predicted molar refractivity (Wildman–Crippen MR) is 56.8 cm³/mol. The summed E-state index contributed by atoms with van der Waals surface area (Å²) >= 11 is 0. The minimum Gasteiger partial charge on any atom is -0.406 e. The first-order valence-electron chi connectivity index (χ1n) is 4.39. The number of anilines is 1. The molecule has 0 atom stereocenters. The van der Waals surface area contributed by atoms with Crippen LogP contribution in [0.4, 0.5) is 5.88 Å². The molecule has 0 aliphatic carbocycles. The zero-order valence-corrected chi connectivity index (χ0v) is 8.15. The van der Waals surface area contributed by atoms with E-state index in [0.717, 1.165) is 5.39 Å². The SMILES string of the molecule is CN(C)c1cc2ccccc2c(=O)o1. The van der Waals surface area contributed by atoms with Gasteiger partial charge in [0.2, 0.25) is 0 Å². The second-order valence-corrected chi connectivity index (χ2v) is 3.35. The molecule has 1 heterocycles. The highest BCUT2D eigenvalue weighted by Crippen LogP contribution is 2.16. The molecule has 3 heteroatoms. The molecule has 1 aromatic carbocycles. The van der Waals surface area contributed by atoms with Crippen LogP contribution >= 0.6 is 0 Å². The third kappa shape index (κ3) is 1.37. The van der Waals surface area contributed by atoms with Crippen LogP contribution in [0, 0.1) is 0 Å². The first kappa shape index (κ1) is 8.81. The summed E-state index contributed by atoms with van der Waals surface area (Å²) in [6.07, 6.45) is 0. The fourth-order valence-electron chi connectivity index (χ4n) is 1.34. The average Bonchev–Trinajstić information content (AvgIpc) is 2.17. The highest BCUT2D eigenvalue weighted by atomic mass is 16.4. The van der Waals surface area contributed by atoms with Crippen molar-refractivity contribution in [2.24, 2.45) is 0 Å². The summed E-state index contributed by atoms with van der Waals surface area (Å²) in [4.78, 5) is 13.3. The van der Waals surface area contributed by atoms with Crippen molar-refractivity contribution in [2.75, 3.05) is 19.0 Å². The Morgan fingerprint density at radius 1 is 1.21 bits per heavy atom. The van der Waals surface area contributed by atoms with Crippen LogP contribution in [-0.2, 0) is 0 Å². The fourth-order valence-corrected chi connectivity index (χ4v) is 1.34. The second-order valence-electron chi connectivity index (χ2n) is 3.35. The van der Waals surface area contributed by atoms with Gasteiger partial charge in [-0.25, -0.2) is 4.79 Å². The van der Waals surface area contributed by atoms with Crippen LogP contribution in [0.15, 0.2) is 39.5 Å². The van der Waals surface area contributed by atoms with Gasteiger partial charge in [0.1, 0.15) is 0 Å². The molecule has 0 spiro atoms. The topological polar surface area (TPSA) is 33.5 Å². The van der Waals surface area contributed by atoms with Crippen LogP contribution in [0.3, 0.4) is 0 Å². The lowest BCUT2D eigenvalue weighted by Crippen LogP contribution is -2.12. The number of hydrogen-bond acceptors (Lipinski definition) is 3. The van der Waals surface area contributed by atoms with Crippen molar-refractivity contribution in [3.05, 3.63) is 40.8 Å². The van der Waals surface area contributed by atoms with E-state index in [1.807, 2.05) is 38.4 Å². The third-order valence-electron chi connectivity index (χ3n) is 2.10. The third-order valence-corrected chi connectivity index (χ3v) is 2.10. The van der Waals surface area contributed by atoms with Crippen molar-refractivity contribution >= 4 is 16.7 Å². The van der Waals surface area contributed by atoms with E-state index in [1.54, 1.807) is 11.0 Å². The Morgan fingerprint density at radius 2 is 1.93 bits per heavy atom. The fraction of sp³-hybridized carbons (Fsp3) is 0.182. The summed E-state index contributed by atoms with van der Waals surface area (Å²) in [5.41, 5.74) is -0.285. The van der Waals surface area contributed by atoms with E-state index in [1.165, 1.54) is 0 Å². The summed E-state index contributed by atoms with van der Waals surface area (Å²) in [5, 5.41) is 1.53. The first-order chi connectivity index (χ1) is 6.68. The maximum absolute atomic E-state index is 11.5.